The van der Waals surface area contributed by atoms with E-state index >= 15 is 0 Å². The van der Waals surface area contributed by atoms with E-state index in [0.717, 1.165) is 20.7 Å². The summed E-state index contributed by atoms with van der Waals surface area (Å²) in [6.07, 6.45) is 16.3. The van der Waals surface area contributed by atoms with Crippen LogP contribution in [0.4, 0.5) is 42.5 Å². The van der Waals surface area contributed by atoms with Crippen LogP contribution >= 0.6 is 0 Å². The van der Waals surface area contributed by atoms with Crippen LogP contribution in [-0.4, -0.2) is 77.3 Å². The zero-order chi connectivity index (χ0) is 38.5. The first kappa shape index (κ1) is 47.3. The van der Waals surface area contributed by atoms with Gasteiger partial charge in [-0.25, -0.2) is 26.4 Å². The summed E-state index contributed by atoms with van der Waals surface area (Å²) in [5.74, 6) is 0. The van der Waals surface area contributed by atoms with Gasteiger partial charge in [0.05, 0.1) is 25.3 Å². The average Bonchev–Trinajstić information content (AvgIpc) is 3.00. The number of halogens is 6. The summed E-state index contributed by atoms with van der Waals surface area (Å²) in [4.78, 5) is 26.8. The van der Waals surface area contributed by atoms with Crippen LogP contribution in [-0.2, 0) is 29.6 Å². The lowest BCUT2D eigenvalue weighted by Crippen LogP contribution is -2.52. The van der Waals surface area contributed by atoms with Crippen molar-refractivity contribution in [3.63, 3.8) is 0 Å². The lowest BCUT2D eigenvalue weighted by atomic mass is 10.1. The highest BCUT2D eigenvalue weighted by Crippen LogP contribution is 2.36. The molecular weight excluding hydrogens is 718 g/mol. The topological polar surface area (TPSA) is 150 Å². The molecule has 0 atom stereocenters. The van der Waals surface area contributed by atoms with E-state index in [0.29, 0.717) is 18.0 Å². The Morgan fingerprint density at radius 2 is 1.22 bits per heavy atom. The third-order valence-electron chi connectivity index (χ3n) is 7.66. The molecule has 0 aliphatic rings. The Hall–Kier alpha value is -2.73. The number of nitrogens with one attached hydrogen (secondary N) is 1. The fraction of sp³-hybridized carbons (Fsp3) is 0.742. The number of quaternary nitrogens is 1. The van der Waals surface area contributed by atoms with Gasteiger partial charge in [0.25, 0.3) is 0 Å². The summed E-state index contributed by atoms with van der Waals surface area (Å²) >= 11 is 0. The molecule has 1 rings (SSSR count). The minimum atomic E-state index is -6.72. The predicted molar refractivity (Wildman–Crippen MR) is 179 cm³/mol. The summed E-state index contributed by atoms with van der Waals surface area (Å²) < 4.78 is 116. The van der Waals surface area contributed by atoms with Crippen molar-refractivity contribution in [1.29, 1.82) is 0 Å². The number of ether oxygens (including phenoxy) is 1. The first-order chi connectivity index (χ1) is 23.2. The maximum Gasteiger partial charge on any atom is 0.480 e. The van der Waals surface area contributed by atoms with Crippen molar-refractivity contribution in [2.45, 2.75) is 116 Å². The van der Waals surface area contributed by atoms with Gasteiger partial charge in [-0.3, -0.25) is 5.32 Å². The van der Waals surface area contributed by atoms with Crippen molar-refractivity contribution in [2.75, 3.05) is 38.1 Å². The average molecular weight is 769 g/mol. The lowest BCUT2D eigenvalue weighted by Gasteiger charge is -2.39. The summed E-state index contributed by atoms with van der Waals surface area (Å²) in [7, 11) is -13.4. The number of benzene rings is 1. The molecule has 1 amide bonds. The number of alkyl halides is 6. The number of carbonyl (C=O) groups is 1. The van der Waals surface area contributed by atoms with Crippen LogP contribution in [0.15, 0.2) is 23.2 Å². The molecule has 1 N–H and O–H groups in total. The molecule has 50 heavy (non-hydrogen) atoms. The third-order valence-corrected chi connectivity index (χ3v) is 10.4. The maximum absolute atomic E-state index is 12.5. The number of rotatable bonds is 22. The molecule has 0 aliphatic heterocycles. The Labute approximate surface area is 291 Å². The highest BCUT2D eigenvalue weighted by Gasteiger charge is 2.47. The van der Waals surface area contributed by atoms with Gasteiger partial charge in [0.15, 0.2) is 20.0 Å². The van der Waals surface area contributed by atoms with Gasteiger partial charge in [-0.2, -0.15) is 31.3 Å². The first-order valence-electron chi connectivity index (χ1n) is 16.5. The Morgan fingerprint density at radius 3 is 1.60 bits per heavy atom. The van der Waals surface area contributed by atoms with Gasteiger partial charge < -0.3 is 13.3 Å². The number of sulfonamides is 2. The van der Waals surface area contributed by atoms with Crippen molar-refractivity contribution in [1.82, 2.24) is 0 Å². The van der Waals surface area contributed by atoms with Crippen LogP contribution in [0.3, 0.4) is 0 Å². The van der Waals surface area contributed by atoms with Crippen LogP contribution in [0.2, 0.25) is 0 Å². The molecule has 0 saturated carbocycles. The van der Waals surface area contributed by atoms with E-state index in [1.807, 2.05) is 13.0 Å². The molecule has 0 radical (unpaired) electrons. The fourth-order valence-corrected chi connectivity index (χ4v) is 6.56. The standard InChI is InChI=1S/C29H49N3O3.C2F6NO4S2/c1-5-8-11-14-19-32(20-15-12-9-6-2,21-16-13-10-7-3)22-23-35-29(34)31-27-18-17-26(4)28(24-27)30-25-33;3-1(4,5)14(10,11)9-15(12,13)2(6,7)8/h17-18,24H,5-16,19-23H2,1-4H3;/q;-1/p+1. The van der Waals surface area contributed by atoms with Crippen molar-refractivity contribution >= 4 is 43.6 Å². The summed E-state index contributed by atoms with van der Waals surface area (Å²) in [6, 6.07) is 5.27. The van der Waals surface area contributed by atoms with Crippen LogP contribution in [0.25, 0.3) is 4.13 Å². The molecule has 0 aromatic heterocycles. The minimum absolute atomic E-state index is 0.409. The number of aryl methyl sites for hydroxylation is 1. The fourth-order valence-electron chi connectivity index (χ4n) is 4.85. The van der Waals surface area contributed by atoms with Crippen LogP contribution in [0.5, 0.6) is 0 Å². The number of hydrogen-bond donors (Lipinski definition) is 1. The lowest BCUT2D eigenvalue weighted by molar-refractivity contribution is -0.929. The molecule has 0 spiro atoms. The van der Waals surface area contributed by atoms with E-state index in [2.05, 4.69) is 31.1 Å². The Morgan fingerprint density at radius 1 is 0.780 bits per heavy atom. The van der Waals surface area contributed by atoms with Crippen molar-refractivity contribution in [3.8, 4) is 0 Å². The first-order valence-corrected chi connectivity index (χ1v) is 19.4. The van der Waals surface area contributed by atoms with E-state index in [9.17, 15) is 52.8 Å². The molecule has 290 valence electrons. The highest BCUT2D eigenvalue weighted by molar-refractivity contribution is 8.13. The monoisotopic (exact) mass is 768 g/mol. The number of amides is 1. The number of isocyanates is 1. The Balaban J connectivity index is 0.00000134. The smallest absolute Gasteiger partial charge is 0.443 e. The summed E-state index contributed by atoms with van der Waals surface area (Å²) in [5, 5.41) is 2.78. The van der Waals surface area contributed by atoms with Crippen LogP contribution in [0, 0.1) is 6.92 Å². The molecular formula is C31H50F6N4O7S2. The normalized spacial score (nSPS) is 12.4. The molecule has 0 aliphatic carbocycles. The van der Waals surface area contributed by atoms with E-state index in [4.69, 9.17) is 4.74 Å². The molecule has 11 nitrogen and oxygen atoms in total. The molecule has 1 aromatic rings. The van der Waals surface area contributed by atoms with Gasteiger partial charge >= 0.3 is 17.1 Å². The van der Waals surface area contributed by atoms with Crippen molar-refractivity contribution in [2.24, 2.45) is 4.99 Å². The Bertz CT molecular complexity index is 1340. The van der Waals surface area contributed by atoms with E-state index in [-0.39, 0.29) is 0 Å². The number of aliphatic imine (C=N–C) groups is 1. The number of hydrogen-bond acceptors (Lipinski definition) is 8. The molecule has 19 heteroatoms. The molecule has 0 fully saturated rings. The molecule has 0 unspecified atom stereocenters. The van der Waals surface area contributed by atoms with Gasteiger partial charge in [-0.05, 0) is 63.1 Å². The summed E-state index contributed by atoms with van der Waals surface area (Å²) in [6.45, 7) is 13.4. The quantitative estimate of drug-likeness (QED) is 0.0406. The minimum Gasteiger partial charge on any atom is -0.443 e. The van der Waals surface area contributed by atoms with Crippen molar-refractivity contribution in [3.05, 3.63) is 27.9 Å². The third kappa shape index (κ3) is 18.5. The zero-order valence-corrected chi connectivity index (χ0v) is 30.7. The van der Waals surface area contributed by atoms with Gasteiger partial charge in [0.1, 0.15) is 13.2 Å². The number of nitrogens with zero attached hydrogens (tertiary/aromatic N) is 3. The zero-order valence-electron chi connectivity index (χ0n) is 29.0. The number of anilines is 1. The molecule has 0 saturated heterocycles. The SMILES string of the molecule is CCCCCC[N+](CCCCCC)(CCCCCC)CCOC(=O)Nc1ccc(C)c(N=C=O)c1.O=S(=O)([N-]S(=O)(=O)C(F)(F)F)C(F)(F)F. The molecule has 1 aromatic carbocycles. The Kier molecular flexibility index (Phi) is 21.7. The van der Waals surface area contributed by atoms with Gasteiger partial charge in [-0.1, -0.05) is 65.4 Å². The van der Waals surface area contributed by atoms with E-state index < -0.39 is 37.2 Å². The maximum atomic E-state index is 12.5. The predicted octanol–water partition coefficient (Wildman–Crippen LogP) is 9.13. The molecule has 0 heterocycles. The van der Waals surface area contributed by atoms with Gasteiger partial charge in [-0.15, -0.1) is 0 Å². The highest BCUT2D eigenvalue weighted by atomic mass is 32.3. The second-order valence-corrected chi connectivity index (χ2v) is 15.2. The van der Waals surface area contributed by atoms with Crippen molar-refractivity contribution < 1.29 is 62.0 Å². The number of unbranched alkanes of at least 4 members (excludes halogenated alkanes) is 9. The van der Waals surface area contributed by atoms with E-state index in [1.165, 1.54) is 96.7 Å². The second-order valence-electron chi connectivity index (χ2n) is 11.8. The molecule has 0 bridgehead atoms. The second kappa shape index (κ2) is 23.0. The van der Waals surface area contributed by atoms with Gasteiger partial charge in [0.2, 0.25) is 6.08 Å². The number of carbonyl (C=O) groups excluding carboxylic acids is 2. The largest absolute Gasteiger partial charge is 0.480 e. The van der Waals surface area contributed by atoms with Crippen LogP contribution < -0.4 is 5.32 Å². The van der Waals surface area contributed by atoms with Crippen LogP contribution in [0.1, 0.15) is 103 Å². The summed E-state index contributed by atoms with van der Waals surface area (Å²) in [5.41, 5.74) is -10.5. The van der Waals surface area contributed by atoms with Gasteiger partial charge in [0, 0.05) is 5.69 Å². The van der Waals surface area contributed by atoms with E-state index in [1.54, 1.807) is 18.2 Å².